The van der Waals surface area contributed by atoms with Crippen molar-refractivity contribution in [1.82, 2.24) is 14.8 Å². The van der Waals surface area contributed by atoms with Gasteiger partial charge in [-0.05, 0) is 43.2 Å². The van der Waals surface area contributed by atoms with Crippen LogP contribution in [0, 0.1) is 0 Å². The molecule has 1 fully saturated rings. The van der Waals surface area contributed by atoms with Crippen LogP contribution in [0.15, 0.2) is 48.5 Å². The minimum absolute atomic E-state index is 0.298. The van der Waals surface area contributed by atoms with Crippen molar-refractivity contribution in [3.63, 3.8) is 0 Å². The summed E-state index contributed by atoms with van der Waals surface area (Å²) >= 11 is 1.42. The molecule has 4 rings (SSSR count). The summed E-state index contributed by atoms with van der Waals surface area (Å²) in [6.07, 6.45) is -0.298. The van der Waals surface area contributed by atoms with E-state index >= 15 is 0 Å². The number of hydrogen-bond donors (Lipinski definition) is 3. The van der Waals surface area contributed by atoms with Gasteiger partial charge in [-0.3, -0.25) is 9.69 Å². The first-order chi connectivity index (χ1) is 17.1. The third-order valence-corrected chi connectivity index (χ3v) is 7.21. The lowest BCUT2D eigenvalue weighted by atomic mass is 9.97. The van der Waals surface area contributed by atoms with Gasteiger partial charge in [0.1, 0.15) is 10.8 Å². The molecule has 0 radical (unpaired) electrons. The Labute approximate surface area is 214 Å². The van der Waals surface area contributed by atoms with E-state index in [-0.39, 0.29) is 6.09 Å². The molecule has 1 aromatic carbocycles. The number of amides is 2. The van der Waals surface area contributed by atoms with E-state index in [9.17, 15) is 14.7 Å². The summed E-state index contributed by atoms with van der Waals surface area (Å²) < 4.78 is 4.80. The number of ether oxygens (including phenoxy) is 1. The number of primary amides is 1. The molecule has 190 valence electrons. The zero-order valence-corrected chi connectivity index (χ0v) is 21.5. The zero-order chi connectivity index (χ0) is 25.9. The van der Waals surface area contributed by atoms with Crippen LogP contribution < -0.4 is 11.1 Å². The predicted octanol–water partition coefficient (Wildman–Crippen LogP) is 3.76. The van der Waals surface area contributed by atoms with Gasteiger partial charge < -0.3 is 25.8 Å². The van der Waals surface area contributed by atoms with Gasteiger partial charge in [0.15, 0.2) is 0 Å². The summed E-state index contributed by atoms with van der Waals surface area (Å²) in [5, 5.41) is 14.1. The average Bonchev–Trinajstić information content (AvgIpc) is 3.28. The van der Waals surface area contributed by atoms with E-state index in [4.69, 9.17) is 15.5 Å². The van der Waals surface area contributed by atoms with Gasteiger partial charge in [-0.25, -0.2) is 9.78 Å². The zero-order valence-electron chi connectivity index (χ0n) is 20.7. The van der Waals surface area contributed by atoms with E-state index in [1.54, 1.807) is 24.8 Å². The highest BCUT2D eigenvalue weighted by Crippen LogP contribution is 2.37. The van der Waals surface area contributed by atoms with Crippen LogP contribution in [0.1, 0.15) is 35.5 Å². The number of anilines is 2. The van der Waals surface area contributed by atoms with Gasteiger partial charge in [0, 0.05) is 37.6 Å². The minimum Gasteiger partial charge on any atom is -0.453 e. The Morgan fingerprint density at radius 3 is 2.44 bits per heavy atom. The van der Waals surface area contributed by atoms with Gasteiger partial charge in [-0.1, -0.05) is 30.3 Å². The molecular weight excluding hydrogens is 478 g/mol. The van der Waals surface area contributed by atoms with Crippen LogP contribution in [-0.2, 0) is 16.9 Å². The largest absolute Gasteiger partial charge is 0.453 e. The monoisotopic (exact) mass is 509 g/mol. The maximum Gasteiger partial charge on any atom is 0.409 e. The second-order valence-electron chi connectivity index (χ2n) is 9.23. The number of carbonyl (C=O) groups excluding carboxylic acids is 2. The first-order valence-electron chi connectivity index (χ1n) is 11.7. The molecule has 4 N–H and O–H groups in total. The summed E-state index contributed by atoms with van der Waals surface area (Å²) in [5.74, 6) is 0.0988. The second-order valence-corrected chi connectivity index (χ2v) is 10.3. The van der Waals surface area contributed by atoms with Gasteiger partial charge in [0.05, 0.1) is 24.0 Å². The maximum absolute atomic E-state index is 12.2. The van der Waals surface area contributed by atoms with Crippen molar-refractivity contribution in [2.24, 2.45) is 5.73 Å². The van der Waals surface area contributed by atoms with Crippen molar-refractivity contribution in [2.45, 2.75) is 26.0 Å². The summed E-state index contributed by atoms with van der Waals surface area (Å²) in [4.78, 5) is 33.4. The number of aromatic nitrogens is 1. The first kappa shape index (κ1) is 25.6. The number of nitrogens with zero attached hydrogens (tertiary/aromatic N) is 3. The summed E-state index contributed by atoms with van der Waals surface area (Å²) in [5.41, 5.74) is 7.75. The lowest BCUT2D eigenvalue weighted by Gasteiger charge is -2.33. The first-order valence-corrected chi connectivity index (χ1v) is 12.5. The van der Waals surface area contributed by atoms with Gasteiger partial charge >= 0.3 is 6.09 Å². The summed E-state index contributed by atoms with van der Waals surface area (Å²) in [7, 11) is 1.39. The van der Waals surface area contributed by atoms with Crippen molar-refractivity contribution >= 4 is 34.2 Å². The number of benzene rings is 1. The third kappa shape index (κ3) is 6.01. The molecule has 0 aliphatic carbocycles. The smallest absolute Gasteiger partial charge is 0.409 e. The molecule has 3 heterocycles. The second kappa shape index (κ2) is 10.7. The lowest BCUT2D eigenvalue weighted by molar-refractivity contribution is 0.0786. The van der Waals surface area contributed by atoms with Crippen molar-refractivity contribution < 1.29 is 19.4 Å². The lowest BCUT2D eigenvalue weighted by Crippen LogP contribution is -2.48. The highest BCUT2D eigenvalue weighted by atomic mass is 32.1. The summed E-state index contributed by atoms with van der Waals surface area (Å²) in [6, 6.07) is 15.1. The molecule has 3 aromatic rings. The molecule has 0 bridgehead atoms. The van der Waals surface area contributed by atoms with Crippen molar-refractivity contribution in [1.29, 1.82) is 0 Å². The number of carbonyl (C=O) groups is 2. The Morgan fingerprint density at radius 2 is 1.83 bits per heavy atom. The number of rotatable bonds is 7. The fraction of sp³-hybridized carbons (Fsp3) is 0.346. The van der Waals surface area contributed by atoms with Crippen LogP contribution in [0.3, 0.4) is 0 Å². The number of hydrogen-bond acceptors (Lipinski definition) is 8. The van der Waals surface area contributed by atoms with Crippen molar-refractivity contribution in [3.8, 4) is 10.4 Å². The van der Waals surface area contributed by atoms with E-state index in [1.807, 2.05) is 42.5 Å². The third-order valence-electron chi connectivity index (χ3n) is 6.11. The molecule has 10 heteroatoms. The SMILES string of the molecule is COC(=O)N1CCN(Cc2cccc(Nc3sc(-c4ccc(C(C)(C)O)cc4)cc3C(N)=O)n2)CC1. The molecule has 1 aliphatic rings. The quantitative estimate of drug-likeness (QED) is 0.443. The number of piperazine rings is 1. The normalized spacial score (nSPS) is 14.5. The number of thiophene rings is 1. The maximum atomic E-state index is 12.2. The van der Waals surface area contributed by atoms with Crippen LogP contribution >= 0.6 is 11.3 Å². The molecule has 0 saturated carbocycles. The van der Waals surface area contributed by atoms with E-state index in [2.05, 4.69) is 10.2 Å². The summed E-state index contributed by atoms with van der Waals surface area (Å²) in [6.45, 7) is 6.83. The van der Waals surface area contributed by atoms with Gasteiger partial charge in [0.25, 0.3) is 5.91 Å². The Morgan fingerprint density at radius 1 is 1.14 bits per heavy atom. The number of aliphatic hydroxyl groups is 1. The number of methoxy groups -OCH3 is 1. The Bertz CT molecular complexity index is 1230. The predicted molar refractivity (Wildman–Crippen MR) is 140 cm³/mol. The van der Waals surface area contributed by atoms with Gasteiger partial charge in [-0.2, -0.15) is 0 Å². The van der Waals surface area contributed by atoms with E-state index in [1.165, 1.54) is 18.4 Å². The fourth-order valence-electron chi connectivity index (χ4n) is 4.05. The molecule has 0 unspecified atom stereocenters. The topological polar surface area (TPSA) is 121 Å². The van der Waals surface area contributed by atoms with Crippen molar-refractivity contribution in [2.75, 3.05) is 38.6 Å². The van der Waals surface area contributed by atoms with Crippen LogP contribution in [0.25, 0.3) is 10.4 Å². The molecule has 1 aliphatic heterocycles. The molecule has 1 saturated heterocycles. The average molecular weight is 510 g/mol. The van der Waals surface area contributed by atoms with E-state index < -0.39 is 11.5 Å². The van der Waals surface area contributed by atoms with E-state index in [0.717, 1.165) is 34.8 Å². The molecule has 0 atom stereocenters. The van der Waals surface area contributed by atoms with E-state index in [0.29, 0.717) is 36.0 Å². The number of nitrogens with one attached hydrogen (secondary N) is 1. The fourth-order valence-corrected chi connectivity index (χ4v) is 5.13. The van der Waals surface area contributed by atoms with Crippen LogP contribution in [-0.4, -0.2) is 65.2 Å². The van der Waals surface area contributed by atoms with Gasteiger partial charge in [-0.15, -0.1) is 11.3 Å². The molecular formula is C26H31N5O4S. The standard InChI is InChI=1S/C26H31N5O4S/c1-26(2,34)18-9-7-17(8-10-18)21-15-20(23(27)32)24(36-21)29-22-6-4-5-19(28-22)16-30-11-13-31(14-12-30)25(33)35-3/h4-10,15,34H,11-14,16H2,1-3H3,(H2,27,32)(H,28,29). The number of nitrogens with two attached hydrogens (primary N) is 1. The Balaban J connectivity index is 1.47. The molecule has 36 heavy (non-hydrogen) atoms. The molecule has 0 spiro atoms. The van der Waals surface area contributed by atoms with Crippen LogP contribution in [0.2, 0.25) is 0 Å². The number of pyridine rings is 1. The van der Waals surface area contributed by atoms with Crippen molar-refractivity contribution in [3.05, 3.63) is 65.4 Å². The van der Waals surface area contributed by atoms with Crippen LogP contribution in [0.5, 0.6) is 0 Å². The van der Waals surface area contributed by atoms with Crippen LogP contribution in [0.4, 0.5) is 15.6 Å². The highest BCUT2D eigenvalue weighted by molar-refractivity contribution is 7.19. The minimum atomic E-state index is -0.926. The molecule has 2 amide bonds. The molecule has 2 aromatic heterocycles. The Kier molecular flexibility index (Phi) is 7.58. The van der Waals surface area contributed by atoms with Gasteiger partial charge in [0.2, 0.25) is 0 Å². The highest BCUT2D eigenvalue weighted by Gasteiger charge is 2.22. The molecule has 9 nitrogen and oxygen atoms in total. The Hall–Kier alpha value is -3.47.